The number of carbonyl (C=O) groups is 1. The number of Topliss-reactive ketones (excluding diaryl/α,β-unsaturated/α-hetero) is 1. The van der Waals surface area contributed by atoms with Gasteiger partial charge in [0.2, 0.25) is 0 Å². The van der Waals surface area contributed by atoms with Gasteiger partial charge in [-0.15, -0.1) is 0 Å². The zero-order valence-electron chi connectivity index (χ0n) is 11.9. The molecule has 0 spiro atoms. The summed E-state index contributed by atoms with van der Waals surface area (Å²) in [6.07, 6.45) is 0.118. The molecule has 0 N–H and O–H groups in total. The van der Waals surface area contributed by atoms with Gasteiger partial charge in [-0.05, 0) is 36.4 Å². The summed E-state index contributed by atoms with van der Waals surface area (Å²) < 4.78 is 13.5. The number of hydrogen-bond donors (Lipinski definition) is 0. The molecule has 0 atom stereocenters. The first-order valence-corrected chi connectivity index (χ1v) is 7.10. The lowest BCUT2D eigenvalue weighted by atomic mass is 10.1. The van der Waals surface area contributed by atoms with E-state index in [1.165, 1.54) is 6.07 Å². The van der Waals surface area contributed by atoms with E-state index in [4.69, 9.17) is 11.6 Å². The molecule has 2 aromatic rings. The van der Waals surface area contributed by atoms with Crippen LogP contribution in [0.15, 0.2) is 48.5 Å². The minimum atomic E-state index is -0.330. The van der Waals surface area contributed by atoms with Crippen molar-refractivity contribution in [3.8, 4) is 0 Å². The second-order valence-corrected chi connectivity index (χ2v) is 5.55. The predicted molar refractivity (Wildman–Crippen MR) is 82.9 cm³/mol. The number of rotatable bonds is 6. The fourth-order valence-corrected chi connectivity index (χ4v) is 2.43. The fraction of sp³-hybridized carbons (Fsp3) is 0.235. The smallest absolute Gasteiger partial charge is 0.151 e. The number of benzene rings is 2. The number of ketones is 1. The highest BCUT2D eigenvalue weighted by Crippen LogP contribution is 2.12. The molecular weight excluding hydrogens is 289 g/mol. The number of nitrogens with zero attached hydrogens (tertiary/aromatic N) is 1. The van der Waals surface area contributed by atoms with Gasteiger partial charge in [0.15, 0.2) is 5.78 Å². The molecule has 0 saturated heterocycles. The van der Waals surface area contributed by atoms with E-state index >= 15 is 0 Å². The van der Waals surface area contributed by atoms with Crippen molar-refractivity contribution in [2.75, 3.05) is 13.6 Å². The zero-order valence-corrected chi connectivity index (χ0v) is 12.6. The second kappa shape index (κ2) is 7.34. The van der Waals surface area contributed by atoms with E-state index in [9.17, 15) is 9.18 Å². The largest absolute Gasteiger partial charge is 0.298 e. The maximum atomic E-state index is 13.5. The molecule has 0 fully saturated rings. The van der Waals surface area contributed by atoms with Crippen molar-refractivity contribution in [1.29, 1.82) is 0 Å². The molecule has 110 valence electrons. The van der Waals surface area contributed by atoms with Crippen LogP contribution in [-0.4, -0.2) is 24.3 Å². The summed E-state index contributed by atoms with van der Waals surface area (Å²) in [5, 5.41) is 0.679. The minimum Gasteiger partial charge on any atom is -0.298 e. The highest BCUT2D eigenvalue weighted by atomic mass is 35.5. The Labute approximate surface area is 129 Å². The van der Waals surface area contributed by atoms with E-state index in [1.54, 1.807) is 18.2 Å². The van der Waals surface area contributed by atoms with Crippen LogP contribution in [0.1, 0.15) is 11.1 Å². The first kappa shape index (κ1) is 15.7. The molecule has 2 aromatic carbocycles. The van der Waals surface area contributed by atoms with Crippen LogP contribution in [-0.2, 0) is 17.8 Å². The van der Waals surface area contributed by atoms with E-state index in [0.717, 1.165) is 5.56 Å². The van der Waals surface area contributed by atoms with Crippen LogP contribution in [0.25, 0.3) is 0 Å². The summed E-state index contributed by atoms with van der Waals surface area (Å²) in [6, 6.07) is 13.9. The standard InChI is InChI=1S/C17H17ClFNO/c1-20(11-13-5-4-7-15(18)9-13)12-16(21)10-14-6-2-3-8-17(14)19/h2-9H,10-12H2,1H3. The molecule has 0 bridgehead atoms. The van der Waals surface area contributed by atoms with Crippen LogP contribution in [0.3, 0.4) is 0 Å². The van der Waals surface area contributed by atoms with E-state index in [1.807, 2.05) is 36.2 Å². The summed E-state index contributed by atoms with van der Waals surface area (Å²) in [4.78, 5) is 13.9. The lowest BCUT2D eigenvalue weighted by Gasteiger charge is -2.16. The van der Waals surface area contributed by atoms with Crippen LogP contribution < -0.4 is 0 Å². The van der Waals surface area contributed by atoms with Crippen LogP contribution in [0.5, 0.6) is 0 Å². The molecule has 21 heavy (non-hydrogen) atoms. The van der Waals surface area contributed by atoms with Crippen molar-refractivity contribution >= 4 is 17.4 Å². The second-order valence-electron chi connectivity index (χ2n) is 5.11. The maximum absolute atomic E-state index is 13.5. The van der Waals surface area contributed by atoms with Gasteiger partial charge in [0.25, 0.3) is 0 Å². The third-order valence-corrected chi connectivity index (χ3v) is 3.37. The topological polar surface area (TPSA) is 20.3 Å². The molecule has 0 radical (unpaired) electrons. The first-order valence-electron chi connectivity index (χ1n) is 6.72. The highest BCUT2D eigenvalue weighted by molar-refractivity contribution is 6.30. The monoisotopic (exact) mass is 305 g/mol. The van der Waals surface area contributed by atoms with Crippen molar-refractivity contribution in [3.63, 3.8) is 0 Å². The molecule has 0 unspecified atom stereocenters. The van der Waals surface area contributed by atoms with Crippen LogP contribution in [0.2, 0.25) is 5.02 Å². The summed E-state index contributed by atoms with van der Waals surface area (Å²) >= 11 is 5.93. The Morgan fingerprint density at radius 1 is 1.19 bits per heavy atom. The molecule has 4 heteroatoms. The van der Waals surface area contributed by atoms with Gasteiger partial charge in [0.1, 0.15) is 5.82 Å². The Kier molecular flexibility index (Phi) is 5.48. The summed E-state index contributed by atoms with van der Waals surface area (Å²) in [7, 11) is 1.86. The lowest BCUT2D eigenvalue weighted by Crippen LogP contribution is -2.26. The average molecular weight is 306 g/mol. The van der Waals surface area contributed by atoms with Crippen molar-refractivity contribution in [2.45, 2.75) is 13.0 Å². The van der Waals surface area contributed by atoms with E-state index in [-0.39, 0.29) is 24.6 Å². The van der Waals surface area contributed by atoms with Crippen LogP contribution >= 0.6 is 11.6 Å². The van der Waals surface area contributed by atoms with Crippen molar-refractivity contribution in [3.05, 3.63) is 70.5 Å². The van der Waals surface area contributed by atoms with Crippen molar-refractivity contribution in [2.24, 2.45) is 0 Å². The highest BCUT2D eigenvalue weighted by Gasteiger charge is 2.11. The summed E-state index contributed by atoms with van der Waals surface area (Å²) in [5.74, 6) is -0.340. The van der Waals surface area contributed by atoms with Crippen molar-refractivity contribution in [1.82, 2.24) is 4.90 Å². The minimum absolute atomic E-state index is 0.00960. The van der Waals surface area contributed by atoms with Crippen LogP contribution in [0.4, 0.5) is 4.39 Å². The molecular formula is C17H17ClFNO. The number of hydrogen-bond acceptors (Lipinski definition) is 2. The SMILES string of the molecule is CN(CC(=O)Cc1ccccc1F)Cc1cccc(Cl)c1. The van der Waals surface area contributed by atoms with Gasteiger partial charge in [-0.1, -0.05) is 41.9 Å². The van der Waals surface area contributed by atoms with Gasteiger partial charge >= 0.3 is 0 Å². The number of likely N-dealkylation sites (N-methyl/N-ethyl adjacent to an activating group) is 1. The number of halogens is 2. The first-order chi connectivity index (χ1) is 10.0. The molecule has 0 heterocycles. The molecule has 0 aliphatic rings. The Balaban J connectivity index is 1.89. The van der Waals surface area contributed by atoms with Gasteiger partial charge < -0.3 is 0 Å². The van der Waals surface area contributed by atoms with E-state index < -0.39 is 0 Å². The molecule has 2 nitrogen and oxygen atoms in total. The Bertz CT molecular complexity index is 630. The normalized spacial score (nSPS) is 10.9. The van der Waals surface area contributed by atoms with Gasteiger partial charge in [-0.25, -0.2) is 4.39 Å². The van der Waals surface area contributed by atoms with Gasteiger partial charge in [0, 0.05) is 18.0 Å². The van der Waals surface area contributed by atoms with Crippen molar-refractivity contribution < 1.29 is 9.18 Å². The molecule has 2 rings (SSSR count). The van der Waals surface area contributed by atoms with Gasteiger partial charge in [0.05, 0.1) is 6.54 Å². The molecule has 0 aliphatic carbocycles. The Hall–Kier alpha value is -1.71. The molecule has 0 amide bonds. The van der Waals surface area contributed by atoms with Crippen LogP contribution in [0, 0.1) is 5.82 Å². The molecule has 0 aromatic heterocycles. The quantitative estimate of drug-likeness (QED) is 0.810. The molecule has 0 saturated carbocycles. The molecule has 0 aliphatic heterocycles. The van der Waals surface area contributed by atoms with E-state index in [0.29, 0.717) is 17.1 Å². The zero-order chi connectivity index (χ0) is 15.2. The Morgan fingerprint density at radius 3 is 2.67 bits per heavy atom. The third kappa shape index (κ3) is 4.96. The lowest BCUT2D eigenvalue weighted by molar-refractivity contribution is -0.119. The third-order valence-electron chi connectivity index (χ3n) is 3.13. The number of carbonyl (C=O) groups excluding carboxylic acids is 1. The Morgan fingerprint density at radius 2 is 1.95 bits per heavy atom. The fourth-order valence-electron chi connectivity index (χ4n) is 2.21. The predicted octanol–water partition coefficient (Wildman–Crippen LogP) is 3.72. The summed E-state index contributed by atoms with van der Waals surface area (Å²) in [5.41, 5.74) is 1.49. The van der Waals surface area contributed by atoms with Gasteiger partial charge in [-0.3, -0.25) is 9.69 Å². The van der Waals surface area contributed by atoms with Gasteiger partial charge in [-0.2, -0.15) is 0 Å². The summed E-state index contributed by atoms with van der Waals surface area (Å²) in [6.45, 7) is 0.907. The maximum Gasteiger partial charge on any atom is 0.151 e. The van der Waals surface area contributed by atoms with E-state index in [2.05, 4.69) is 0 Å². The average Bonchev–Trinajstić information content (AvgIpc) is 2.41.